The molecule has 2 aromatic rings. The molecule has 134 valence electrons. The van der Waals surface area contributed by atoms with Gasteiger partial charge in [-0.1, -0.05) is 5.16 Å². The second kappa shape index (κ2) is 6.73. The van der Waals surface area contributed by atoms with Gasteiger partial charge in [0.1, 0.15) is 23.8 Å². The van der Waals surface area contributed by atoms with Crippen LogP contribution in [0.5, 0.6) is 11.5 Å². The Morgan fingerprint density at radius 2 is 1.92 bits per heavy atom. The maximum absolute atomic E-state index is 12.3. The number of benzene rings is 1. The van der Waals surface area contributed by atoms with Crippen molar-refractivity contribution in [2.24, 2.45) is 0 Å². The highest BCUT2D eigenvalue weighted by atomic mass is 32.2. The predicted octanol–water partition coefficient (Wildman–Crippen LogP) is 0.980. The lowest BCUT2D eigenvalue weighted by atomic mass is 10.2. The Morgan fingerprint density at radius 1 is 1.20 bits per heavy atom. The van der Waals surface area contributed by atoms with E-state index in [0.717, 1.165) is 0 Å². The van der Waals surface area contributed by atoms with Gasteiger partial charge in [-0.3, -0.25) is 4.79 Å². The number of aromatic nitrogens is 1. The molecule has 0 aliphatic carbocycles. The van der Waals surface area contributed by atoms with E-state index in [1.54, 1.807) is 18.2 Å². The molecule has 0 spiro atoms. The minimum atomic E-state index is -3.89. The van der Waals surface area contributed by atoms with Crippen LogP contribution in [-0.2, 0) is 14.8 Å². The first-order valence-electron chi connectivity index (χ1n) is 7.49. The van der Waals surface area contributed by atoms with Crippen LogP contribution in [0, 0.1) is 13.8 Å². The average molecular weight is 367 g/mol. The van der Waals surface area contributed by atoms with E-state index in [-0.39, 0.29) is 16.3 Å². The number of carbonyl (C=O) groups excluding carboxylic acids is 1. The largest absolute Gasteiger partial charge is 0.486 e. The number of aryl methyl sites for hydroxylation is 2. The van der Waals surface area contributed by atoms with Crippen LogP contribution in [0.1, 0.15) is 11.5 Å². The third kappa shape index (κ3) is 3.74. The normalized spacial score (nSPS) is 13.5. The lowest BCUT2D eigenvalue weighted by Crippen LogP contribution is -2.33. The summed E-state index contributed by atoms with van der Waals surface area (Å²) in [5, 5.41) is 6.20. The van der Waals surface area contributed by atoms with Crippen molar-refractivity contribution in [3.05, 3.63) is 29.7 Å². The monoisotopic (exact) mass is 367 g/mol. The summed E-state index contributed by atoms with van der Waals surface area (Å²) in [6.45, 7) is 3.48. The van der Waals surface area contributed by atoms with E-state index in [2.05, 4.69) is 15.2 Å². The Kier molecular flexibility index (Phi) is 4.64. The van der Waals surface area contributed by atoms with E-state index in [1.165, 1.54) is 13.8 Å². The van der Waals surface area contributed by atoms with Crippen LogP contribution in [0.3, 0.4) is 0 Å². The molecule has 2 heterocycles. The number of carbonyl (C=O) groups is 1. The molecule has 2 N–H and O–H groups in total. The minimum Gasteiger partial charge on any atom is -0.486 e. The third-order valence-electron chi connectivity index (χ3n) is 3.49. The quantitative estimate of drug-likeness (QED) is 0.808. The fourth-order valence-electron chi connectivity index (χ4n) is 2.42. The van der Waals surface area contributed by atoms with Crippen molar-refractivity contribution in [2.45, 2.75) is 18.7 Å². The summed E-state index contributed by atoms with van der Waals surface area (Å²) < 4.78 is 42.4. The van der Waals surface area contributed by atoms with Gasteiger partial charge in [-0.05, 0) is 26.0 Å². The number of hydrogen-bond acceptors (Lipinski definition) is 7. The molecule has 9 nitrogen and oxygen atoms in total. The van der Waals surface area contributed by atoms with Gasteiger partial charge in [-0.25, -0.2) is 13.1 Å². The van der Waals surface area contributed by atoms with Crippen LogP contribution in [0.25, 0.3) is 0 Å². The summed E-state index contributed by atoms with van der Waals surface area (Å²) in [5.41, 5.74) is 0.711. The number of amides is 1. The van der Waals surface area contributed by atoms with Gasteiger partial charge in [-0.2, -0.15) is 0 Å². The smallest absolute Gasteiger partial charge is 0.246 e. The molecule has 0 fully saturated rings. The third-order valence-corrected chi connectivity index (χ3v) is 5.13. The second-order valence-electron chi connectivity index (χ2n) is 5.38. The Labute approximate surface area is 144 Å². The average Bonchev–Trinajstić information content (AvgIpc) is 2.92. The molecular weight excluding hydrogens is 350 g/mol. The first-order valence-corrected chi connectivity index (χ1v) is 8.97. The zero-order chi connectivity index (χ0) is 18.0. The molecule has 0 bridgehead atoms. The highest BCUT2D eigenvalue weighted by Gasteiger charge is 2.24. The van der Waals surface area contributed by atoms with Crippen molar-refractivity contribution in [2.75, 3.05) is 25.1 Å². The maximum Gasteiger partial charge on any atom is 0.246 e. The Morgan fingerprint density at radius 3 is 2.60 bits per heavy atom. The fraction of sp³-hybridized carbons (Fsp3) is 0.333. The van der Waals surface area contributed by atoms with E-state index in [1.807, 2.05) is 0 Å². The Bertz CT molecular complexity index is 886. The van der Waals surface area contributed by atoms with E-state index < -0.39 is 22.5 Å². The Hall–Kier alpha value is -2.59. The van der Waals surface area contributed by atoms with Crippen molar-refractivity contribution < 1.29 is 27.2 Å². The molecule has 0 unspecified atom stereocenters. The van der Waals surface area contributed by atoms with Crippen LogP contribution in [0.15, 0.2) is 27.6 Å². The van der Waals surface area contributed by atoms with Gasteiger partial charge in [0.2, 0.25) is 15.9 Å². The van der Waals surface area contributed by atoms with Gasteiger partial charge in [0.05, 0.1) is 6.54 Å². The molecule has 0 saturated carbocycles. The van der Waals surface area contributed by atoms with Gasteiger partial charge in [0.15, 0.2) is 17.3 Å². The highest BCUT2D eigenvalue weighted by Crippen LogP contribution is 2.32. The lowest BCUT2D eigenvalue weighted by molar-refractivity contribution is -0.115. The molecule has 3 rings (SSSR count). The number of hydrogen-bond donors (Lipinski definition) is 2. The SMILES string of the molecule is Cc1noc(C)c1S(=O)(=O)NCC(=O)Nc1ccc2c(c1)OCCO2. The van der Waals surface area contributed by atoms with E-state index in [0.29, 0.717) is 30.4 Å². The summed E-state index contributed by atoms with van der Waals surface area (Å²) >= 11 is 0. The zero-order valence-corrected chi connectivity index (χ0v) is 14.5. The molecule has 1 aromatic carbocycles. The number of nitrogens with zero attached hydrogens (tertiary/aromatic N) is 1. The van der Waals surface area contributed by atoms with Crippen molar-refractivity contribution in [3.8, 4) is 11.5 Å². The van der Waals surface area contributed by atoms with Crippen LogP contribution >= 0.6 is 0 Å². The number of ether oxygens (including phenoxy) is 2. The van der Waals surface area contributed by atoms with E-state index >= 15 is 0 Å². The van der Waals surface area contributed by atoms with Gasteiger partial charge in [0, 0.05) is 11.8 Å². The van der Waals surface area contributed by atoms with Crippen molar-refractivity contribution >= 4 is 21.6 Å². The summed E-state index contributed by atoms with van der Waals surface area (Å²) in [4.78, 5) is 12.0. The van der Waals surface area contributed by atoms with Crippen LogP contribution in [-0.4, -0.2) is 39.2 Å². The summed E-state index contributed by atoms with van der Waals surface area (Å²) in [5.74, 6) is 0.771. The summed E-state index contributed by atoms with van der Waals surface area (Å²) in [6.07, 6.45) is 0. The molecule has 10 heteroatoms. The molecule has 0 saturated heterocycles. The number of nitrogens with one attached hydrogen (secondary N) is 2. The molecule has 1 amide bonds. The molecule has 1 aliphatic rings. The molecule has 25 heavy (non-hydrogen) atoms. The lowest BCUT2D eigenvalue weighted by Gasteiger charge is -2.19. The van der Waals surface area contributed by atoms with Crippen molar-refractivity contribution in [1.29, 1.82) is 0 Å². The number of sulfonamides is 1. The number of fused-ring (bicyclic) bond motifs is 1. The fourth-order valence-corrected chi connectivity index (χ4v) is 3.72. The minimum absolute atomic E-state index is 0.0559. The summed E-state index contributed by atoms with van der Waals surface area (Å²) in [7, 11) is -3.89. The molecule has 0 atom stereocenters. The molecule has 1 aromatic heterocycles. The Balaban J connectivity index is 1.63. The van der Waals surface area contributed by atoms with Crippen LogP contribution < -0.4 is 19.5 Å². The van der Waals surface area contributed by atoms with Gasteiger partial charge in [0.25, 0.3) is 0 Å². The highest BCUT2D eigenvalue weighted by molar-refractivity contribution is 7.89. The molecular formula is C15H17N3O6S. The van der Waals surface area contributed by atoms with Gasteiger partial charge < -0.3 is 19.3 Å². The van der Waals surface area contributed by atoms with E-state index in [9.17, 15) is 13.2 Å². The topological polar surface area (TPSA) is 120 Å². The second-order valence-corrected chi connectivity index (χ2v) is 7.09. The van der Waals surface area contributed by atoms with Crippen molar-refractivity contribution in [1.82, 2.24) is 9.88 Å². The van der Waals surface area contributed by atoms with Crippen LogP contribution in [0.4, 0.5) is 5.69 Å². The van der Waals surface area contributed by atoms with Gasteiger partial charge in [-0.15, -0.1) is 0 Å². The van der Waals surface area contributed by atoms with Crippen LogP contribution in [0.2, 0.25) is 0 Å². The molecule has 1 aliphatic heterocycles. The van der Waals surface area contributed by atoms with E-state index in [4.69, 9.17) is 14.0 Å². The first kappa shape index (κ1) is 17.2. The predicted molar refractivity (Wildman–Crippen MR) is 87.2 cm³/mol. The maximum atomic E-state index is 12.3. The first-order chi connectivity index (χ1) is 11.9. The number of rotatable bonds is 5. The number of anilines is 1. The molecule has 0 radical (unpaired) electrons. The van der Waals surface area contributed by atoms with Crippen molar-refractivity contribution in [3.63, 3.8) is 0 Å². The summed E-state index contributed by atoms with van der Waals surface area (Å²) in [6, 6.07) is 4.95. The zero-order valence-electron chi connectivity index (χ0n) is 13.7. The standard InChI is InChI=1S/C15H17N3O6S/c1-9-15(10(2)24-18-9)25(20,21)16-8-14(19)17-11-3-4-12-13(7-11)23-6-5-22-12/h3-4,7,16H,5-6,8H2,1-2H3,(H,17,19). The van der Waals surface area contributed by atoms with Gasteiger partial charge >= 0.3 is 0 Å².